The van der Waals surface area contributed by atoms with Crippen molar-refractivity contribution in [2.75, 3.05) is 44.2 Å². The number of fused-ring (bicyclic) bond motifs is 2. The zero-order valence-corrected chi connectivity index (χ0v) is 14.9. The van der Waals surface area contributed by atoms with Gasteiger partial charge in [-0.05, 0) is 35.8 Å². The zero-order chi connectivity index (χ0) is 17.3. The molecule has 0 bridgehead atoms. The lowest BCUT2D eigenvalue weighted by molar-refractivity contribution is 0.234. The van der Waals surface area contributed by atoms with Crippen molar-refractivity contribution in [2.45, 2.75) is 12.3 Å². The van der Waals surface area contributed by atoms with Gasteiger partial charge in [-0.1, -0.05) is 30.3 Å². The highest BCUT2D eigenvalue weighted by Gasteiger charge is 2.29. The highest BCUT2D eigenvalue weighted by molar-refractivity contribution is 5.65. The molecule has 134 valence electrons. The van der Waals surface area contributed by atoms with Gasteiger partial charge in [0, 0.05) is 38.6 Å². The van der Waals surface area contributed by atoms with Crippen LogP contribution in [0, 0.1) is 0 Å². The molecule has 26 heavy (non-hydrogen) atoms. The second kappa shape index (κ2) is 6.69. The summed E-state index contributed by atoms with van der Waals surface area (Å²) < 4.78 is 11.6. The Labute approximate surface area is 154 Å². The Morgan fingerprint density at radius 2 is 1.85 bits per heavy atom. The summed E-state index contributed by atoms with van der Waals surface area (Å²) in [6.45, 7) is 5.99. The van der Waals surface area contributed by atoms with Crippen LogP contribution in [-0.4, -0.2) is 44.2 Å². The molecule has 2 aromatic rings. The van der Waals surface area contributed by atoms with E-state index in [1.807, 2.05) is 12.1 Å². The third-order valence-electron chi connectivity index (χ3n) is 5.73. The second-order valence-corrected chi connectivity index (χ2v) is 7.29. The van der Waals surface area contributed by atoms with Crippen LogP contribution < -0.4 is 14.4 Å². The molecule has 3 aliphatic rings. The molecule has 1 fully saturated rings. The summed E-state index contributed by atoms with van der Waals surface area (Å²) in [4.78, 5) is 5.03. The van der Waals surface area contributed by atoms with Crippen LogP contribution in [0.25, 0.3) is 0 Å². The van der Waals surface area contributed by atoms with Crippen molar-refractivity contribution in [1.29, 1.82) is 0 Å². The molecule has 1 saturated heterocycles. The van der Waals surface area contributed by atoms with Gasteiger partial charge >= 0.3 is 0 Å². The van der Waals surface area contributed by atoms with E-state index in [4.69, 9.17) is 9.47 Å². The van der Waals surface area contributed by atoms with Gasteiger partial charge in [0.1, 0.15) is 6.61 Å². The third kappa shape index (κ3) is 2.84. The Morgan fingerprint density at radius 1 is 0.962 bits per heavy atom. The van der Waals surface area contributed by atoms with Crippen LogP contribution >= 0.6 is 0 Å². The van der Waals surface area contributed by atoms with Gasteiger partial charge in [0.2, 0.25) is 0 Å². The predicted molar refractivity (Wildman–Crippen MR) is 103 cm³/mol. The maximum absolute atomic E-state index is 5.83. The van der Waals surface area contributed by atoms with Crippen molar-refractivity contribution >= 4 is 5.69 Å². The van der Waals surface area contributed by atoms with Crippen molar-refractivity contribution in [1.82, 2.24) is 4.90 Å². The van der Waals surface area contributed by atoms with Gasteiger partial charge < -0.3 is 14.4 Å². The smallest absolute Gasteiger partial charge is 0.191 e. The average Bonchev–Trinajstić information content (AvgIpc) is 2.92. The number of ether oxygens (including phenoxy) is 2. The lowest BCUT2D eigenvalue weighted by atomic mass is 9.77. The minimum atomic E-state index is 0.563. The first-order valence-corrected chi connectivity index (χ1v) is 9.51. The van der Waals surface area contributed by atoms with Crippen molar-refractivity contribution in [3.05, 3.63) is 65.9 Å². The van der Waals surface area contributed by atoms with Crippen LogP contribution in [0.4, 0.5) is 5.69 Å². The van der Waals surface area contributed by atoms with Gasteiger partial charge in [0.15, 0.2) is 11.5 Å². The molecule has 0 saturated carbocycles. The molecule has 4 heteroatoms. The van der Waals surface area contributed by atoms with E-state index < -0.39 is 0 Å². The first kappa shape index (κ1) is 15.8. The predicted octanol–water partition coefficient (Wildman–Crippen LogP) is 3.43. The van der Waals surface area contributed by atoms with E-state index in [2.05, 4.69) is 46.2 Å². The average molecular weight is 348 g/mol. The molecule has 2 heterocycles. The first-order valence-electron chi connectivity index (χ1n) is 9.51. The van der Waals surface area contributed by atoms with Gasteiger partial charge in [0.25, 0.3) is 0 Å². The Balaban J connectivity index is 1.24. The summed E-state index contributed by atoms with van der Waals surface area (Å²) in [5, 5.41) is 0. The molecule has 0 N–H and O–H groups in total. The molecular weight excluding hydrogens is 324 g/mol. The van der Waals surface area contributed by atoms with Crippen LogP contribution in [0.15, 0.2) is 54.8 Å². The Morgan fingerprint density at radius 3 is 2.73 bits per heavy atom. The summed E-state index contributed by atoms with van der Waals surface area (Å²) >= 11 is 0. The number of anilines is 1. The fourth-order valence-corrected chi connectivity index (χ4v) is 4.29. The summed E-state index contributed by atoms with van der Waals surface area (Å²) in [6.07, 6.45) is 4.87. The number of hydrogen-bond donors (Lipinski definition) is 0. The summed E-state index contributed by atoms with van der Waals surface area (Å²) in [6, 6.07) is 15.1. The van der Waals surface area contributed by atoms with E-state index in [0.29, 0.717) is 12.5 Å². The van der Waals surface area contributed by atoms with E-state index in [0.717, 1.165) is 43.4 Å². The minimum absolute atomic E-state index is 0.563. The van der Waals surface area contributed by atoms with Gasteiger partial charge in [-0.25, -0.2) is 0 Å². The molecule has 2 aliphatic heterocycles. The maximum Gasteiger partial charge on any atom is 0.191 e. The summed E-state index contributed by atoms with van der Waals surface area (Å²) in [5.41, 5.74) is 4.23. The number of piperazine rings is 1. The van der Waals surface area contributed by atoms with E-state index in [9.17, 15) is 0 Å². The fourth-order valence-electron chi connectivity index (χ4n) is 4.29. The molecule has 0 aromatic heterocycles. The van der Waals surface area contributed by atoms with Crippen molar-refractivity contribution in [3.8, 4) is 11.5 Å². The Kier molecular flexibility index (Phi) is 4.06. The van der Waals surface area contributed by atoms with Gasteiger partial charge in [-0.15, -0.1) is 0 Å². The topological polar surface area (TPSA) is 24.9 Å². The molecule has 2 aromatic carbocycles. The summed E-state index contributed by atoms with van der Waals surface area (Å²) in [5.74, 6) is 2.40. The number of hydrogen-bond acceptors (Lipinski definition) is 4. The number of rotatable bonds is 3. The van der Waals surface area contributed by atoms with Crippen LogP contribution in [0.1, 0.15) is 17.0 Å². The van der Waals surface area contributed by atoms with Crippen LogP contribution in [0.3, 0.4) is 0 Å². The molecule has 5 rings (SSSR count). The highest BCUT2D eigenvalue weighted by Crippen LogP contribution is 2.40. The Hall–Kier alpha value is -2.46. The molecule has 4 nitrogen and oxygen atoms in total. The third-order valence-corrected chi connectivity index (χ3v) is 5.73. The molecule has 1 aliphatic carbocycles. The number of benzene rings is 2. The number of para-hydroxylation sites is 1. The van der Waals surface area contributed by atoms with E-state index in [-0.39, 0.29) is 0 Å². The zero-order valence-electron chi connectivity index (χ0n) is 14.9. The van der Waals surface area contributed by atoms with Gasteiger partial charge in [-0.3, -0.25) is 4.90 Å². The highest BCUT2D eigenvalue weighted by atomic mass is 16.5. The monoisotopic (exact) mass is 348 g/mol. The molecular formula is C22H24N2O2. The fraction of sp³-hybridized carbons (Fsp3) is 0.364. The Bertz CT molecular complexity index is 825. The van der Waals surface area contributed by atoms with Crippen LogP contribution in [0.2, 0.25) is 0 Å². The van der Waals surface area contributed by atoms with E-state index in [1.54, 1.807) is 11.8 Å². The van der Waals surface area contributed by atoms with Crippen molar-refractivity contribution < 1.29 is 9.47 Å². The van der Waals surface area contributed by atoms with E-state index in [1.165, 1.54) is 18.5 Å². The minimum Gasteiger partial charge on any atom is -0.485 e. The standard InChI is InChI=1S/C22H24N2O2/c1-2-6-19-17(5-1)15-18(19)16-23-9-11-24(12-10-23)20-7-3-8-21-22(20)26-14-4-13-25-21/h1-8,14,18H,9-13,15-16H2. The lowest BCUT2D eigenvalue weighted by Gasteiger charge is -2.40. The van der Waals surface area contributed by atoms with Crippen molar-refractivity contribution in [3.63, 3.8) is 0 Å². The normalized spacial score (nSPS) is 21.7. The summed E-state index contributed by atoms with van der Waals surface area (Å²) in [7, 11) is 0. The van der Waals surface area contributed by atoms with E-state index >= 15 is 0 Å². The molecule has 0 amide bonds. The maximum atomic E-state index is 5.83. The van der Waals surface area contributed by atoms with Crippen molar-refractivity contribution in [2.24, 2.45) is 0 Å². The van der Waals surface area contributed by atoms with Gasteiger partial charge in [0.05, 0.1) is 11.9 Å². The van der Waals surface area contributed by atoms with Crippen LogP contribution in [0.5, 0.6) is 11.5 Å². The SMILES string of the molecule is C1=COc2c(cccc2N2CCN(CC3Cc4ccccc43)CC2)OC1. The van der Waals surface area contributed by atoms with Crippen LogP contribution in [-0.2, 0) is 6.42 Å². The lowest BCUT2D eigenvalue weighted by Crippen LogP contribution is -2.48. The molecule has 1 atom stereocenters. The molecule has 0 spiro atoms. The molecule has 1 unspecified atom stereocenters. The van der Waals surface area contributed by atoms with Gasteiger partial charge in [-0.2, -0.15) is 0 Å². The first-order chi connectivity index (χ1) is 12.9. The quantitative estimate of drug-likeness (QED) is 0.848. The largest absolute Gasteiger partial charge is 0.485 e. The number of nitrogens with zero attached hydrogens (tertiary/aromatic N) is 2. The molecule has 0 radical (unpaired) electrons. The second-order valence-electron chi connectivity index (χ2n) is 7.29.